The summed E-state index contributed by atoms with van der Waals surface area (Å²) >= 11 is 6.58. The van der Waals surface area contributed by atoms with E-state index in [9.17, 15) is 9.36 Å². The van der Waals surface area contributed by atoms with Crippen molar-refractivity contribution in [2.75, 3.05) is 29.1 Å². The minimum atomic E-state index is -3.12. The number of rotatable bonds is 11. The predicted octanol–water partition coefficient (Wildman–Crippen LogP) is 4.24. The van der Waals surface area contributed by atoms with Crippen LogP contribution < -0.4 is 15.5 Å². The first-order valence-corrected chi connectivity index (χ1v) is 11.7. The van der Waals surface area contributed by atoms with Crippen molar-refractivity contribution in [2.24, 2.45) is 0 Å². The number of hydrogen-bond acceptors (Lipinski definition) is 4. The second-order valence-corrected chi connectivity index (χ2v) is 8.87. The van der Waals surface area contributed by atoms with E-state index in [0.717, 1.165) is 5.56 Å². The summed E-state index contributed by atoms with van der Waals surface area (Å²) in [5, 5.41) is 9.75. The number of hydrogen-bond donors (Lipinski definition) is 3. The van der Waals surface area contributed by atoms with Crippen molar-refractivity contribution >= 4 is 51.3 Å². The lowest BCUT2D eigenvalue weighted by atomic mass is 10.2. The molecule has 0 saturated heterocycles. The molecule has 142 valence electrons. The van der Waals surface area contributed by atoms with Crippen LogP contribution >= 0.6 is 39.5 Å². The molecule has 0 unspecified atom stereocenters. The second-order valence-electron chi connectivity index (χ2n) is 5.30. The second kappa shape index (κ2) is 12.0. The summed E-state index contributed by atoms with van der Waals surface area (Å²) < 4.78 is 23.2. The minimum absolute atomic E-state index is 0.179. The lowest BCUT2D eigenvalue weighted by Crippen LogP contribution is -2.26. The smallest absolute Gasteiger partial charge is 0.411 e. The molecule has 0 aliphatic carbocycles. The van der Waals surface area contributed by atoms with Crippen LogP contribution in [0.15, 0.2) is 24.3 Å². The highest BCUT2D eigenvalue weighted by atomic mass is 79.9. The fourth-order valence-corrected chi connectivity index (χ4v) is 4.18. The van der Waals surface area contributed by atoms with Crippen LogP contribution in [0.2, 0.25) is 0 Å². The summed E-state index contributed by atoms with van der Waals surface area (Å²) in [5.41, 5.74) is 1.46. The number of benzene rings is 1. The molecule has 7 nitrogen and oxygen atoms in total. The molecule has 0 saturated carbocycles. The maximum absolute atomic E-state index is 12.7. The van der Waals surface area contributed by atoms with Gasteiger partial charge in [0.05, 0.1) is 12.7 Å². The third-order valence-corrected chi connectivity index (χ3v) is 5.35. The van der Waals surface area contributed by atoms with Gasteiger partial charge in [-0.15, -0.1) is 0 Å². The first-order valence-electron chi connectivity index (χ1n) is 7.82. The molecule has 3 N–H and O–H groups in total. The molecule has 25 heavy (non-hydrogen) atoms. The molecule has 1 amide bonds. The van der Waals surface area contributed by atoms with Crippen molar-refractivity contribution in [1.82, 2.24) is 10.2 Å². The molecule has 1 rings (SSSR count). The number of amides is 1. The van der Waals surface area contributed by atoms with E-state index in [4.69, 9.17) is 9.26 Å². The number of carbonyl (C=O) groups excluding carboxylic acids is 1. The van der Waals surface area contributed by atoms with E-state index in [1.54, 1.807) is 38.1 Å². The fraction of sp³-hybridized carbons (Fsp3) is 0.533. The van der Waals surface area contributed by atoms with E-state index in [1.807, 2.05) is 0 Å². The first kappa shape index (κ1) is 22.6. The molecule has 1 aromatic rings. The molecule has 0 radical (unpaired) electrons. The molecule has 0 bridgehead atoms. The maximum atomic E-state index is 12.7. The minimum Gasteiger partial charge on any atom is -0.447 e. The van der Waals surface area contributed by atoms with E-state index < -0.39 is 13.8 Å². The Labute approximate surface area is 165 Å². The van der Waals surface area contributed by atoms with Crippen molar-refractivity contribution in [1.29, 1.82) is 0 Å². The molecule has 10 heteroatoms. The van der Waals surface area contributed by atoms with Crippen LogP contribution in [0.3, 0.4) is 0 Å². The van der Waals surface area contributed by atoms with Crippen LogP contribution in [0.4, 0.5) is 10.5 Å². The van der Waals surface area contributed by atoms with E-state index in [0.29, 0.717) is 29.4 Å². The van der Waals surface area contributed by atoms with Gasteiger partial charge in [-0.25, -0.2) is 15.0 Å². The SMILES string of the molecule is CC(C)OC(=O)Nc1ccc(COP(=O)(NCCBr)NCCBr)cc1. The molecule has 0 aliphatic heterocycles. The topological polar surface area (TPSA) is 88.7 Å². The summed E-state index contributed by atoms with van der Waals surface area (Å²) in [7, 11) is -3.12. The zero-order valence-corrected chi connectivity index (χ0v) is 18.3. The molecule has 0 spiro atoms. The van der Waals surface area contributed by atoms with E-state index >= 15 is 0 Å². The van der Waals surface area contributed by atoms with Gasteiger partial charge < -0.3 is 9.26 Å². The van der Waals surface area contributed by atoms with Crippen LogP contribution in [-0.4, -0.2) is 35.9 Å². The number of halogens is 2. The standard InChI is InChI=1S/C15H24Br2N3O4P/c1-12(2)24-15(21)20-14-5-3-13(4-6-14)11-23-25(22,18-9-7-16)19-10-8-17/h3-6,12H,7-11H2,1-2H3,(H,20,21)(H2,18,19,22). The van der Waals surface area contributed by atoms with Gasteiger partial charge in [-0.05, 0) is 31.5 Å². The Bertz CT molecular complexity index is 560. The van der Waals surface area contributed by atoms with Crippen molar-refractivity contribution in [3.63, 3.8) is 0 Å². The third kappa shape index (κ3) is 9.72. The average molecular weight is 501 g/mol. The Morgan fingerprint density at radius 3 is 2.16 bits per heavy atom. The number of nitrogens with one attached hydrogen (secondary N) is 3. The summed E-state index contributed by atoms with van der Waals surface area (Å²) in [6.45, 7) is 4.79. The number of anilines is 1. The Kier molecular flexibility index (Phi) is 10.9. The van der Waals surface area contributed by atoms with E-state index in [2.05, 4.69) is 47.4 Å². The van der Waals surface area contributed by atoms with Crippen molar-refractivity contribution in [3.05, 3.63) is 29.8 Å². The monoisotopic (exact) mass is 499 g/mol. The fourth-order valence-electron chi connectivity index (χ4n) is 1.74. The van der Waals surface area contributed by atoms with Gasteiger partial charge in [0.1, 0.15) is 0 Å². The van der Waals surface area contributed by atoms with Crippen LogP contribution in [0.1, 0.15) is 19.4 Å². The van der Waals surface area contributed by atoms with E-state index in [-0.39, 0.29) is 12.7 Å². The molecular weight excluding hydrogens is 477 g/mol. The van der Waals surface area contributed by atoms with Crippen LogP contribution in [0.5, 0.6) is 0 Å². The molecule has 0 aromatic heterocycles. The average Bonchev–Trinajstić information content (AvgIpc) is 2.57. The summed E-state index contributed by atoms with van der Waals surface area (Å²) in [5.74, 6) is 0. The molecule has 0 fully saturated rings. The highest BCUT2D eigenvalue weighted by Crippen LogP contribution is 2.38. The molecule has 0 heterocycles. The van der Waals surface area contributed by atoms with Crippen molar-refractivity contribution in [3.8, 4) is 0 Å². The van der Waals surface area contributed by atoms with Gasteiger partial charge in [-0.3, -0.25) is 9.88 Å². The summed E-state index contributed by atoms with van der Waals surface area (Å²) in [6.07, 6.45) is -0.678. The number of ether oxygens (including phenoxy) is 1. The van der Waals surface area contributed by atoms with Gasteiger partial charge in [0.25, 0.3) is 0 Å². The Hall–Kier alpha value is -0.440. The highest BCUT2D eigenvalue weighted by Gasteiger charge is 2.21. The zero-order valence-electron chi connectivity index (χ0n) is 14.3. The molecule has 0 aliphatic rings. The highest BCUT2D eigenvalue weighted by molar-refractivity contribution is 9.09. The maximum Gasteiger partial charge on any atom is 0.411 e. The molecule has 1 aromatic carbocycles. The van der Waals surface area contributed by atoms with Gasteiger partial charge in [0.15, 0.2) is 0 Å². The number of alkyl halides is 2. The largest absolute Gasteiger partial charge is 0.447 e. The predicted molar refractivity (Wildman–Crippen MR) is 108 cm³/mol. The lowest BCUT2D eigenvalue weighted by molar-refractivity contribution is 0.130. The Morgan fingerprint density at radius 1 is 1.12 bits per heavy atom. The van der Waals surface area contributed by atoms with Crippen LogP contribution in [0, 0.1) is 0 Å². The van der Waals surface area contributed by atoms with Crippen molar-refractivity contribution in [2.45, 2.75) is 26.6 Å². The lowest BCUT2D eigenvalue weighted by Gasteiger charge is -2.20. The van der Waals surface area contributed by atoms with Gasteiger partial charge in [-0.2, -0.15) is 0 Å². The van der Waals surface area contributed by atoms with E-state index in [1.165, 1.54) is 0 Å². The zero-order chi connectivity index (χ0) is 18.7. The van der Waals surface area contributed by atoms with Gasteiger partial charge in [-0.1, -0.05) is 44.0 Å². The molecule has 0 atom stereocenters. The Balaban J connectivity index is 2.57. The Morgan fingerprint density at radius 2 is 1.68 bits per heavy atom. The van der Waals surface area contributed by atoms with Crippen LogP contribution in [-0.2, 0) is 20.4 Å². The first-order chi connectivity index (χ1) is 11.9. The van der Waals surface area contributed by atoms with Gasteiger partial charge in [0.2, 0.25) is 0 Å². The number of carbonyl (C=O) groups is 1. The van der Waals surface area contributed by atoms with Crippen molar-refractivity contribution < 1.29 is 18.6 Å². The van der Waals surface area contributed by atoms with Crippen LogP contribution in [0.25, 0.3) is 0 Å². The van der Waals surface area contributed by atoms with Gasteiger partial charge >= 0.3 is 13.8 Å². The molecular formula is C15H24Br2N3O4P. The summed E-state index contributed by atoms with van der Waals surface area (Å²) in [4.78, 5) is 11.5. The quantitative estimate of drug-likeness (QED) is 0.311. The summed E-state index contributed by atoms with van der Waals surface area (Å²) in [6, 6.07) is 7.07. The normalized spacial score (nSPS) is 11.6. The third-order valence-electron chi connectivity index (χ3n) is 2.78. The van der Waals surface area contributed by atoms with Gasteiger partial charge in [0, 0.05) is 29.4 Å².